The van der Waals surface area contributed by atoms with Gasteiger partial charge in [-0.3, -0.25) is 0 Å². The number of hydrogen-bond acceptors (Lipinski definition) is 3. The first-order valence-corrected chi connectivity index (χ1v) is 14.8. The summed E-state index contributed by atoms with van der Waals surface area (Å²) in [5.41, 5.74) is 10.8. The summed E-state index contributed by atoms with van der Waals surface area (Å²) >= 11 is 0. The van der Waals surface area contributed by atoms with E-state index in [-0.39, 0.29) is 0 Å². The summed E-state index contributed by atoms with van der Waals surface area (Å²) in [6.45, 7) is 0. The molecule has 4 heteroatoms. The predicted molar refractivity (Wildman–Crippen MR) is 180 cm³/mol. The molecule has 0 aliphatic carbocycles. The Bertz CT molecular complexity index is 2440. The second-order valence-electron chi connectivity index (χ2n) is 11.0. The Hall–Kier alpha value is -6.00. The molecule has 0 spiro atoms. The van der Waals surface area contributed by atoms with Crippen molar-refractivity contribution in [1.29, 1.82) is 0 Å². The van der Waals surface area contributed by atoms with Crippen LogP contribution < -0.4 is 0 Å². The molecule has 6 aromatic carbocycles. The van der Waals surface area contributed by atoms with Crippen molar-refractivity contribution >= 4 is 43.9 Å². The summed E-state index contributed by atoms with van der Waals surface area (Å²) in [7, 11) is 0. The average molecular weight is 564 g/mol. The maximum Gasteiger partial charge on any atom is 0.180 e. The second kappa shape index (κ2) is 9.79. The molecule has 9 rings (SSSR count). The van der Waals surface area contributed by atoms with E-state index >= 15 is 0 Å². The van der Waals surface area contributed by atoms with Crippen molar-refractivity contribution in [3.05, 3.63) is 152 Å². The number of fused-ring (bicyclic) bond motifs is 6. The Morgan fingerprint density at radius 1 is 0.455 bits per heavy atom. The van der Waals surface area contributed by atoms with Crippen LogP contribution >= 0.6 is 0 Å². The fraction of sp³-hybridized carbons (Fsp3) is 0. The first kappa shape index (κ1) is 24.6. The van der Waals surface area contributed by atoms with Crippen molar-refractivity contribution in [2.45, 2.75) is 0 Å². The highest BCUT2D eigenvalue weighted by molar-refractivity contribution is 6.10. The van der Waals surface area contributed by atoms with Gasteiger partial charge in [0.2, 0.25) is 0 Å². The summed E-state index contributed by atoms with van der Waals surface area (Å²) in [5.74, 6) is 0.683. The fourth-order valence-corrected chi connectivity index (χ4v) is 6.35. The summed E-state index contributed by atoms with van der Waals surface area (Å²) < 4.78 is 8.93. The molecule has 0 unspecified atom stereocenters. The molecule has 0 atom stereocenters. The SMILES string of the molecule is c1ccc(-c2nc(-c3ccccc3)c3oc4cc(-c5cccc(-n6c7ccccc7c7ccccc76)c5)ccc4c3n2)cc1. The third kappa shape index (κ3) is 3.85. The molecule has 0 aliphatic heterocycles. The zero-order valence-electron chi connectivity index (χ0n) is 23.7. The highest BCUT2D eigenvalue weighted by Crippen LogP contribution is 2.38. The minimum Gasteiger partial charge on any atom is -0.452 e. The van der Waals surface area contributed by atoms with Crippen molar-refractivity contribution in [3.8, 4) is 39.5 Å². The van der Waals surface area contributed by atoms with Crippen LogP contribution in [0.5, 0.6) is 0 Å². The number of aromatic nitrogens is 3. The lowest BCUT2D eigenvalue weighted by molar-refractivity contribution is 0.667. The maximum atomic E-state index is 6.58. The summed E-state index contributed by atoms with van der Waals surface area (Å²) in [4.78, 5) is 10.0. The molecule has 44 heavy (non-hydrogen) atoms. The highest BCUT2D eigenvalue weighted by Gasteiger charge is 2.19. The molecule has 0 radical (unpaired) electrons. The molecule has 0 saturated heterocycles. The third-order valence-corrected chi connectivity index (χ3v) is 8.41. The monoisotopic (exact) mass is 563 g/mol. The predicted octanol–water partition coefficient (Wildman–Crippen LogP) is 10.5. The summed E-state index contributed by atoms with van der Waals surface area (Å²) in [5, 5.41) is 3.48. The summed E-state index contributed by atoms with van der Waals surface area (Å²) in [6.07, 6.45) is 0. The van der Waals surface area contributed by atoms with Crippen molar-refractivity contribution in [2.24, 2.45) is 0 Å². The maximum absolute atomic E-state index is 6.58. The molecule has 0 saturated carbocycles. The number of furan rings is 1. The van der Waals surface area contributed by atoms with Crippen LogP contribution in [-0.2, 0) is 0 Å². The topological polar surface area (TPSA) is 43.9 Å². The highest BCUT2D eigenvalue weighted by atomic mass is 16.3. The van der Waals surface area contributed by atoms with E-state index in [9.17, 15) is 0 Å². The zero-order valence-corrected chi connectivity index (χ0v) is 23.7. The quantitative estimate of drug-likeness (QED) is 0.214. The average Bonchev–Trinajstić information content (AvgIpc) is 3.64. The van der Waals surface area contributed by atoms with Gasteiger partial charge < -0.3 is 8.98 Å². The van der Waals surface area contributed by atoms with Gasteiger partial charge in [-0.2, -0.15) is 0 Å². The Labute approximate surface area is 253 Å². The van der Waals surface area contributed by atoms with E-state index in [2.05, 4.69) is 108 Å². The molecular weight excluding hydrogens is 538 g/mol. The van der Waals surface area contributed by atoms with Gasteiger partial charge in [-0.1, -0.05) is 115 Å². The van der Waals surface area contributed by atoms with Crippen LogP contribution in [-0.4, -0.2) is 14.5 Å². The van der Waals surface area contributed by atoms with E-state index in [1.807, 2.05) is 48.5 Å². The minimum absolute atomic E-state index is 0.683. The van der Waals surface area contributed by atoms with E-state index in [1.165, 1.54) is 21.8 Å². The van der Waals surface area contributed by atoms with Crippen LogP contribution in [0.15, 0.2) is 156 Å². The smallest absolute Gasteiger partial charge is 0.180 e. The molecule has 0 bridgehead atoms. The van der Waals surface area contributed by atoms with E-state index in [1.54, 1.807) is 0 Å². The lowest BCUT2D eigenvalue weighted by Gasteiger charge is -2.10. The van der Waals surface area contributed by atoms with Gasteiger partial charge in [0, 0.05) is 33.0 Å². The molecule has 0 fully saturated rings. The minimum atomic E-state index is 0.683. The third-order valence-electron chi connectivity index (χ3n) is 8.41. The largest absolute Gasteiger partial charge is 0.452 e. The second-order valence-corrected chi connectivity index (χ2v) is 11.0. The fourth-order valence-electron chi connectivity index (χ4n) is 6.35. The van der Waals surface area contributed by atoms with Gasteiger partial charge in [-0.15, -0.1) is 0 Å². The van der Waals surface area contributed by atoms with Crippen molar-refractivity contribution in [1.82, 2.24) is 14.5 Å². The molecule has 0 N–H and O–H groups in total. The first-order chi connectivity index (χ1) is 21.8. The van der Waals surface area contributed by atoms with Gasteiger partial charge >= 0.3 is 0 Å². The van der Waals surface area contributed by atoms with E-state index < -0.39 is 0 Å². The Balaban J connectivity index is 1.22. The first-order valence-electron chi connectivity index (χ1n) is 14.8. The Kier molecular flexibility index (Phi) is 5.47. The van der Waals surface area contributed by atoms with Gasteiger partial charge in [0.15, 0.2) is 11.4 Å². The Morgan fingerprint density at radius 3 is 1.80 bits per heavy atom. The lowest BCUT2D eigenvalue weighted by Crippen LogP contribution is -1.94. The van der Waals surface area contributed by atoms with Crippen LogP contribution in [0.25, 0.3) is 83.3 Å². The molecule has 0 amide bonds. The van der Waals surface area contributed by atoms with Gasteiger partial charge in [0.05, 0.1) is 11.0 Å². The van der Waals surface area contributed by atoms with Crippen LogP contribution in [0.4, 0.5) is 0 Å². The molecular formula is C40H25N3O. The number of benzene rings is 6. The van der Waals surface area contributed by atoms with Crippen molar-refractivity contribution < 1.29 is 4.42 Å². The zero-order chi connectivity index (χ0) is 29.0. The molecule has 0 aliphatic rings. The standard InChI is InChI=1S/C40H25N3O/c1-3-12-26(13-4-1)37-39-38(42-40(41-37)27-14-5-2-6-15-27)33-23-22-29(25-36(33)44-39)28-16-11-17-30(24-28)43-34-20-9-7-18-31(34)32-19-8-10-21-35(32)43/h1-25H. The van der Waals surface area contributed by atoms with E-state index in [4.69, 9.17) is 14.4 Å². The van der Waals surface area contributed by atoms with Crippen LogP contribution in [0, 0.1) is 0 Å². The van der Waals surface area contributed by atoms with E-state index in [0.29, 0.717) is 11.4 Å². The van der Waals surface area contributed by atoms with Gasteiger partial charge in [-0.05, 0) is 47.5 Å². The van der Waals surface area contributed by atoms with E-state index in [0.717, 1.165) is 50.1 Å². The van der Waals surface area contributed by atoms with Gasteiger partial charge in [-0.25, -0.2) is 9.97 Å². The number of nitrogens with zero attached hydrogens (tertiary/aromatic N) is 3. The van der Waals surface area contributed by atoms with Crippen LogP contribution in [0.1, 0.15) is 0 Å². The van der Waals surface area contributed by atoms with Gasteiger partial charge in [0.1, 0.15) is 16.8 Å². The van der Waals surface area contributed by atoms with Crippen LogP contribution in [0.2, 0.25) is 0 Å². The Morgan fingerprint density at radius 2 is 1.07 bits per heavy atom. The molecule has 206 valence electrons. The number of para-hydroxylation sites is 2. The number of hydrogen-bond donors (Lipinski definition) is 0. The normalized spacial score (nSPS) is 11.6. The van der Waals surface area contributed by atoms with Crippen molar-refractivity contribution in [3.63, 3.8) is 0 Å². The molecule has 4 nitrogen and oxygen atoms in total. The van der Waals surface area contributed by atoms with Crippen molar-refractivity contribution in [2.75, 3.05) is 0 Å². The summed E-state index contributed by atoms with van der Waals surface area (Å²) in [6, 6.07) is 52.6. The number of rotatable bonds is 4. The van der Waals surface area contributed by atoms with Gasteiger partial charge in [0.25, 0.3) is 0 Å². The molecule has 3 aromatic heterocycles. The van der Waals surface area contributed by atoms with Crippen LogP contribution in [0.3, 0.4) is 0 Å². The molecule has 3 heterocycles. The lowest BCUT2D eigenvalue weighted by atomic mass is 10.0. The molecule has 9 aromatic rings.